The number of rotatable bonds is 6. The van der Waals surface area contributed by atoms with Gasteiger partial charge in [-0.2, -0.15) is 0 Å². The lowest BCUT2D eigenvalue weighted by atomic mass is 9.87. The Hall–Kier alpha value is -3.72. The molecular formula is C25H23FN2O5S. The zero-order valence-electron chi connectivity index (χ0n) is 18.6. The molecule has 2 atom stereocenters. The molecule has 176 valence electrons. The van der Waals surface area contributed by atoms with Crippen molar-refractivity contribution in [1.82, 2.24) is 4.90 Å². The fourth-order valence-corrected chi connectivity index (χ4v) is 4.89. The number of nitrogens with one attached hydrogen (secondary N) is 1. The second-order valence-corrected chi connectivity index (χ2v) is 10.1. The van der Waals surface area contributed by atoms with Crippen molar-refractivity contribution in [1.29, 1.82) is 0 Å². The van der Waals surface area contributed by atoms with E-state index >= 15 is 0 Å². The molecule has 1 aliphatic heterocycles. The van der Waals surface area contributed by atoms with E-state index in [1.807, 2.05) is 6.07 Å². The normalized spacial score (nSPS) is 18.1. The molecule has 9 heteroatoms. The van der Waals surface area contributed by atoms with Gasteiger partial charge in [0, 0.05) is 25.8 Å². The number of anilines is 1. The zero-order chi connectivity index (χ0) is 24.5. The molecule has 1 N–H and O–H groups in total. The highest BCUT2D eigenvalue weighted by molar-refractivity contribution is 7.90. The van der Waals surface area contributed by atoms with Gasteiger partial charge in [0.25, 0.3) is 0 Å². The summed E-state index contributed by atoms with van der Waals surface area (Å²) in [5, 5.41) is 2.60. The minimum Gasteiger partial charge on any atom is -0.454 e. The van der Waals surface area contributed by atoms with Gasteiger partial charge in [-0.25, -0.2) is 12.8 Å². The maximum atomic E-state index is 14.5. The molecule has 34 heavy (non-hydrogen) atoms. The highest BCUT2D eigenvalue weighted by atomic mass is 32.2. The van der Waals surface area contributed by atoms with Gasteiger partial charge in [0.05, 0.1) is 10.6 Å². The van der Waals surface area contributed by atoms with Gasteiger partial charge in [0.15, 0.2) is 21.4 Å². The lowest BCUT2D eigenvalue weighted by Crippen LogP contribution is -2.33. The summed E-state index contributed by atoms with van der Waals surface area (Å²) in [6.07, 6.45) is 1.04. The highest BCUT2D eigenvalue weighted by Gasteiger charge is 2.44. The molecule has 0 radical (unpaired) electrons. The van der Waals surface area contributed by atoms with E-state index in [0.29, 0.717) is 11.3 Å². The third-order valence-corrected chi connectivity index (χ3v) is 6.85. The van der Waals surface area contributed by atoms with Crippen LogP contribution in [-0.2, 0) is 19.4 Å². The largest absolute Gasteiger partial charge is 0.454 e. The fraction of sp³-hybridized carbons (Fsp3) is 0.200. The van der Waals surface area contributed by atoms with E-state index in [2.05, 4.69) is 5.32 Å². The van der Waals surface area contributed by atoms with Crippen LogP contribution in [-0.4, -0.2) is 45.0 Å². The summed E-state index contributed by atoms with van der Waals surface area (Å²) in [4.78, 5) is 27.5. The summed E-state index contributed by atoms with van der Waals surface area (Å²) in [7, 11) is -2.02. The average molecular weight is 483 g/mol. The average Bonchev–Trinajstić information content (AvgIpc) is 3.10. The number of ether oxygens (including phenoxy) is 1. The lowest BCUT2D eigenvalue weighted by molar-refractivity contribution is -0.135. The molecule has 1 fully saturated rings. The molecule has 4 rings (SSSR count). The first kappa shape index (κ1) is 23.4. The van der Waals surface area contributed by atoms with Crippen LogP contribution < -0.4 is 10.1 Å². The van der Waals surface area contributed by atoms with Crippen molar-refractivity contribution in [3.8, 4) is 11.5 Å². The standard InChI is InChI=1S/C25H23FN2O5S/c1-28-15-18(16-12-13-19(26)21(14-16)33-17-8-4-3-5-9-17)23(25(28)30)24(29)27-20-10-6-7-11-22(20)34(2,31)32/h3-14,18,23H,15H2,1-2H3,(H,27,29)/t18-,23+/m1/s1. The van der Waals surface area contributed by atoms with Gasteiger partial charge in [-0.15, -0.1) is 0 Å². The number of hydrogen-bond donors (Lipinski definition) is 1. The van der Waals surface area contributed by atoms with Crippen LogP contribution >= 0.6 is 0 Å². The number of likely N-dealkylation sites (N-methyl/N-ethyl adjacent to an activating group) is 1. The van der Waals surface area contributed by atoms with Crippen LogP contribution in [0.5, 0.6) is 11.5 Å². The van der Waals surface area contributed by atoms with Crippen molar-refractivity contribution in [3.05, 3.63) is 84.2 Å². The predicted molar refractivity (Wildman–Crippen MR) is 125 cm³/mol. The van der Waals surface area contributed by atoms with Crippen LogP contribution in [0.2, 0.25) is 0 Å². The van der Waals surface area contributed by atoms with Crippen LogP contribution in [0.25, 0.3) is 0 Å². The Morgan fingerprint density at radius 2 is 1.74 bits per heavy atom. The topological polar surface area (TPSA) is 92.8 Å². The lowest BCUT2D eigenvalue weighted by Gasteiger charge is -2.19. The Labute approximate surface area is 197 Å². The van der Waals surface area contributed by atoms with Gasteiger partial charge < -0.3 is 15.0 Å². The molecule has 0 bridgehead atoms. The van der Waals surface area contributed by atoms with Crippen molar-refractivity contribution in [2.24, 2.45) is 5.92 Å². The first-order valence-electron chi connectivity index (χ1n) is 10.5. The van der Waals surface area contributed by atoms with Crippen molar-refractivity contribution in [2.45, 2.75) is 10.8 Å². The Morgan fingerprint density at radius 1 is 1.06 bits per heavy atom. The summed E-state index contributed by atoms with van der Waals surface area (Å²) in [5.41, 5.74) is 0.657. The van der Waals surface area contributed by atoms with Crippen LogP contribution in [0.1, 0.15) is 11.5 Å². The van der Waals surface area contributed by atoms with E-state index in [4.69, 9.17) is 4.74 Å². The van der Waals surface area contributed by atoms with Crippen molar-refractivity contribution in [2.75, 3.05) is 25.2 Å². The van der Waals surface area contributed by atoms with Crippen LogP contribution in [0.15, 0.2) is 77.7 Å². The highest BCUT2D eigenvalue weighted by Crippen LogP contribution is 2.37. The summed E-state index contributed by atoms with van der Waals surface area (Å²) in [6.45, 7) is 0.237. The third kappa shape index (κ3) is 4.79. The minimum absolute atomic E-state index is 0.0210. The molecule has 0 aliphatic carbocycles. The number of nitrogens with zero attached hydrogens (tertiary/aromatic N) is 1. The molecular weight excluding hydrogens is 459 g/mol. The molecule has 1 heterocycles. The number of benzene rings is 3. The maximum Gasteiger partial charge on any atom is 0.237 e. The molecule has 1 aliphatic rings. The summed E-state index contributed by atoms with van der Waals surface area (Å²) >= 11 is 0. The molecule has 3 aromatic rings. The van der Waals surface area contributed by atoms with Crippen molar-refractivity contribution < 1.29 is 27.1 Å². The smallest absolute Gasteiger partial charge is 0.237 e. The van der Waals surface area contributed by atoms with Gasteiger partial charge in [-0.05, 0) is 42.0 Å². The Kier molecular flexibility index (Phi) is 6.39. The molecule has 0 saturated carbocycles. The van der Waals surface area contributed by atoms with E-state index in [1.165, 1.54) is 35.2 Å². The van der Waals surface area contributed by atoms with Crippen LogP contribution in [0, 0.1) is 11.7 Å². The van der Waals surface area contributed by atoms with E-state index in [0.717, 1.165) is 6.26 Å². The second kappa shape index (κ2) is 9.26. The van der Waals surface area contributed by atoms with Gasteiger partial charge in [-0.1, -0.05) is 36.4 Å². The molecule has 1 saturated heterocycles. The van der Waals surface area contributed by atoms with E-state index in [-0.39, 0.29) is 22.9 Å². The number of carbonyl (C=O) groups excluding carboxylic acids is 2. The SMILES string of the molecule is CN1C[C@H](c2ccc(F)c(Oc3ccccc3)c2)[C@@H](C(=O)Nc2ccccc2S(C)(=O)=O)C1=O. The monoisotopic (exact) mass is 482 g/mol. The predicted octanol–water partition coefficient (Wildman–Crippen LogP) is 3.83. The summed E-state index contributed by atoms with van der Waals surface area (Å²) < 4.78 is 44.3. The van der Waals surface area contributed by atoms with Gasteiger partial charge >= 0.3 is 0 Å². The van der Waals surface area contributed by atoms with Crippen molar-refractivity contribution >= 4 is 27.3 Å². The molecule has 2 amide bonds. The fourth-order valence-electron chi connectivity index (χ4n) is 4.04. The number of carbonyl (C=O) groups is 2. The minimum atomic E-state index is -3.60. The van der Waals surface area contributed by atoms with Gasteiger partial charge in [0.2, 0.25) is 11.8 Å². The number of hydrogen-bond acceptors (Lipinski definition) is 5. The molecule has 3 aromatic carbocycles. The Morgan fingerprint density at radius 3 is 2.44 bits per heavy atom. The van der Waals surface area contributed by atoms with Gasteiger partial charge in [-0.3, -0.25) is 9.59 Å². The van der Waals surface area contributed by atoms with Crippen LogP contribution in [0.4, 0.5) is 10.1 Å². The van der Waals surface area contributed by atoms with E-state index < -0.39 is 39.3 Å². The van der Waals surface area contributed by atoms with Gasteiger partial charge in [0.1, 0.15) is 11.7 Å². The first-order chi connectivity index (χ1) is 16.1. The van der Waals surface area contributed by atoms with E-state index in [9.17, 15) is 22.4 Å². The summed E-state index contributed by atoms with van der Waals surface area (Å²) in [6, 6.07) is 19.0. The maximum absolute atomic E-state index is 14.5. The van der Waals surface area contributed by atoms with E-state index in [1.54, 1.807) is 43.4 Å². The Bertz CT molecular complexity index is 1340. The second-order valence-electron chi connectivity index (χ2n) is 8.17. The molecule has 0 spiro atoms. The Balaban J connectivity index is 1.65. The quantitative estimate of drug-likeness (QED) is 0.539. The summed E-state index contributed by atoms with van der Waals surface area (Å²) in [5.74, 6) is -2.89. The zero-order valence-corrected chi connectivity index (χ0v) is 19.4. The number of halogens is 1. The molecule has 0 unspecified atom stereocenters. The number of para-hydroxylation sites is 2. The molecule has 7 nitrogen and oxygen atoms in total. The van der Waals surface area contributed by atoms with Crippen molar-refractivity contribution in [3.63, 3.8) is 0 Å². The van der Waals surface area contributed by atoms with Crippen LogP contribution in [0.3, 0.4) is 0 Å². The first-order valence-corrected chi connectivity index (χ1v) is 12.4. The number of sulfone groups is 1. The molecule has 0 aromatic heterocycles. The third-order valence-electron chi connectivity index (χ3n) is 5.70. The number of amides is 2. The number of likely N-dealkylation sites (tertiary alicyclic amines) is 1.